The molecule has 0 spiro atoms. The molecule has 8 nitrogen and oxygen atoms in total. The fraction of sp³-hybridized carbons (Fsp3) is 0.381. The van der Waals surface area contributed by atoms with Crippen molar-refractivity contribution in [3.8, 4) is 5.75 Å². The first-order valence-corrected chi connectivity index (χ1v) is 9.15. The molecule has 0 aliphatic carbocycles. The summed E-state index contributed by atoms with van der Waals surface area (Å²) in [4.78, 5) is 11.5. The van der Waals surface area contributed by atoms with Crippen molar-refractivity contribution in [1.29, 1.82) is 0 Å². The van der Waals surface area contributed by atoms with E-state index in [-0.39, 0.29) is 6.61 Å². The Kier molecular flexibility index (Phi) is 6.83. The second kappa shape index (κ2) is 9.34. The third kappa shape index (κ3) is 4.75. The maximum atomic E-state index is 11.5. The molecule has 4 N–H and O–H groups in total. The van der Waals surface area contributed by atoms with Gasteiger partial charge in [0.25, 0.3) is 0 Å². The average Bonchev–Trinajstić information content (AvgIpc) is 2.76. The van der Waals surface area contributed by atoms with Crippen molar-refractivity contribution in [2.24, 2.45) is 0 Å². The average molecular weight is 404 g/mol. The lowest BCUT2D eigenvalue weighted by Crippen LogP contribution is -2.55. The highest BCUT2D eigenvalue weighted by Crippen LogP contribution is 2.33. The third-order valence-electron chi connectivity index (χ3n) is 4.86. The maximum Gasteiger partial charge on any atom is 0.337 e. The number of aliphatic hydroxyl groups excluding tert-OH is 4. The van der Waals surface area contributed by atoms with Crippen molar-refractivity contribution in [2.75, 3.05) is 13.7 Å². The summed E-state index contributed by atoms with van der Waals surface area (Å²) < 4.78 is 16.0. The molecule has 1 saturated heterocycles. The Balaban J connectivity index is 1.68. The van der Waals surface area contributed by atoms with Gasteiger partial charge in [-0.05, 0) is 35.4 Å². The topological polar surface area (TPSA) is 126 Å². The lowest BCUT2D eigenvalue weighted by molar-refractivity contribution is -0.231. The van der Waals surface area contributed by atoms with E-state index in [2.05, 4.69) is 4.74 Å². The van der Waals surface area contributed by atoms with Crippen LogP contribution in [-0.2, 0) is 16.1 Å². The fourth-order valence-corrected chi connectivity index (χ4v) is 3.18. The second-order valence-corrected chi connectivity index (χ2v) is 6.80. The van der Waals surface area contributed by atoms with Crippen LogP contribution in [-0.4, -0.2) is 64.5 Å². The Hall–Kier alpha value is -2.49. The summed E-state index contributed by atoms with van der Waals surface area (Å²) in [5.41, 5.74) is 1.83. The zero-order chi connectivity index (χ0) is 21.0. The summed E-state index contributed by atoms with van der Waals surface area (Å²) in [5.74, 6) is 0.0983. The maximum absolute atomic E-state index is 11.5. The standard InChI is InChI=1S/C21H24O8/c1-27-21(26)13-7-5-12(6-8-13)11-28-15-4-2-3-14(9-15)20-19(25)18(24)17(23)16(10-22)29-20/h2-9,16-20,22-25H,10-11H2,1H3/t16-,17-,18+,19+,20?/m1/s1. The van der Waals surface area contributed by atoms with Crippen molar-refractivity contribution in [2.45, 2.75) is 37.1 Å². The Morgan fingerprint density at radius 1 is 1.03 bits per heavy atom. The minimum absolute atomic E-state index is 0.250. The van der Waals surface area contributed by atoms with E-state index in [9.17, 15) is 25.2 Å². The lowest BCUT2D eigenvalue weighted by atomic mass is 9.91. The number of hydrogen-bond donors (Lipinski definition) is 4. The predicted molar refractivity (Wildman–Crippen MR) is 101 cm³/mol. The van der Waals surface area contributed by atoms with Crippen LogP contribution in [0, 0.1) is 0 Å². The molecule has 2 aromatic carbocycles. The summed E-state index contributed by atoms with van der Waals surface area (Å²) in [6, 6.07) is 13.6. The van der Waals surface area contributed by atoms with Gasteiger partial charge in [0.05, 0.1) is 19.3 Å². The Morgan fingerprint density at radius 3 is 2.41 bits per heavy atom. The number of ether oxygens (including phenoxy) is 3. The highest BCUT2D eigenvalue weighted by molar-refractivity contribution is 5.89. The van der Waals surface area contributed by atoms with Gasteiger partial charge in [-0.25, -0.2) is 4.79 Å². The Morgan fingerprint density at radius 2 is 1.76 bits per heavy atom. The second-order valence-electron chi connectivity index (χ2n) is 6.80. The van der Waals surface area contributed by atoms with Gasteiger partial charge in [0, 0.05) is 0 Å². The molecule has 0 aromatic heterocycles. The predicted octanol–water partition coefficient (Wildman–Crippen LogP) is 0.567. The Bertz CT molecular complexity index is 820. The van der Waals surface area contributed by atoms with Crippen LogP contribution in [0.4, 0.5) is 0 Å². The zero-order valence-corrected chi connectivity index (χ0v) is 15.8. The molecule has 0 saturated carbocycles. The molecule has 156 valence electrons. The van der Waals surface area contributed by atoms with Gasteiger partial charge in [0.15, 0.2) is 0 Å². The number of esters is 1. The van der Waals surface area contributed by atoms with Crippen LogP contribution >= 0.6 is 0 Å². The van der Waals surface area contributed by atoms with E-state index in [1.165, 1.54) is 7.11 Å². The smallest absolute Gasteiger partial charge is 0.337 e. The molecule has 1 aliphatic rings. The number of carbonyl (C=O) groups excluding carboxylic acids is 1. The van der Waals surface area contributed by atoms with E-state index in [4.69, 9.17) is 9.47 Å². The first kappa shape index (κ1) is 21.2. The first-order chi connectivity index (χ1) is 13.9. The molecule has 2 aromatic rings. The number of carbonyl (C=O) groups is 1. The van der Waals surface area contributed by atoms with Gasteiger partial charge in [-0.1, -0.05) is 24.3 Å². The summed E-state index contributed by atoms with van der Waals surface area (Å²) in [6.45, 7) is -0.237. The molecule has 1 heterocycles. The zero-order valence-electron chi connectivity index (χ0n) is 15.8. The fourth-order valence-electron chi connectivity index (χ4n) is 3.18. The number of benzene rings is 2. The van der Waals surface area contributed by atoms with E-state index < -0.39 is 43.1 Å². The largest absolute Gasteiger partial charge is 0.489 e. The molecule has 1 fully saturated rings. The molecule has 29 heavy (non-hydrogen) atoms. The van der Waals surface area contributed by atoms with Gasteiger partial charge in [0.1, 0.15) is 42.9 Å². The normalized spacial score (nSPS) is 26.7. The van der Waals surface area contributed by atoms with Crippen LogP contribution in [0.2, 0.25) is 0 Å². The third-order valence-corrected chi connectivity index (χ3v) is 4.86. The Labute approximate surface area is 167 Å². The van der Waals surface area contributed by atoms with Gasteiger partial charge < -0.3 is 34.6 Å². The summed E-state index contributed by atoms with van der Waals surface area (Å²) in [7, 11) is 1.32. The van der Waals surface area contributed by atoms with Gasteiger partial charge in [-0.2, -0.15) is 0 Å². The molecule has 1 unspecified atom stereocenters. The number of hydrogen-bond acceptors (Lipinski definition) is 8. The van der Waals surface area contributed by atoms with Gasteiger partial charge in [-0.15, -0.1) is 0 Å². The summed E-state index contributed by atoms with van der Waals surface area (Å²) >= 11 is 0. The van der Waals surface area contributed by atoms with E-state index in [1.54, 1.807) is 48.5 Å². The number of rotatable bonds is 6. The van der Waals surface area contributed by atoms with Gasteiger partial charge in [0.2, 0.25) is 0 Å². The SMILES string of the molecule is COC(=O)c1ccc(COc2cccc(C3O[C@H](CO)[C@@H](O)[C@H](O)[C@@H]3O)c2)cc1. The van der Waals surface area contributed by atoms with Crippen molar-refractivity contribution in [3.05, 3.63) is 65.2 Å². The molecule has 0 amide bonds. The van der Waals surface area contributed by atoms with E-state index >= 15 is 0 Å². The molecular formula is C21H24O8. The monoisotopic (exact) mass is 404 g/mol. The molecule has 3 rings (SSSR count). The minimum Gasteiger partial charge on any atom is -0.489 e. The van der Waals surface area contributed by atoms with Crippen LogP contribution in [0.3, 0.4) is 0 Å². The van der Waals surface area contributed by atoms with Gasteiger partial charge >= 0.3 is 5.97 Å². The van der Waals surface area contributed by atoms with Gasteiger partial charge in [-0.3, -0.25) is 0 Å². The van der Waals surface area contributed by atoms with Crippen molar-refractivity contribution in [3.63, 3.8) is 0 Å². The van der Waals surface area contributed by atoms with Crippen LogP contribution in [0.5, 0.6) is 5.75 Å². The first-order valence-electron chi connectivity index (χ1n) is 9.15. The lowest BCUT2D eigenvalue weighted by Gasteiger charge is -2.40. The molecule has 8 heteroatoms. The van der Waals surface area contributed by atoms with Crippen molar-refractivity contribution < 1.29 is 39.4 Å². The van der Waals surface area contributed by atoms with Crippen molar-refractivity contribution in [1.82, 2.24) is 0 Å². The van der Waals surface area contributed by atoms with Crippen LogP contribution in [0.15, 0.2) is 48.5 Å². The minimum atomic E-state index is -1.44. The quantitative estimate of drug-likeness (QED) is 0.515. The van der Waals surface area contributed by atoms with Crippen LogP contribution in [0.1, 0.15) is 27.6 Å². The van der Waals surface area contributed by atoms with E-state index in [1.807, 2.05) is 0 Å². The molecule has 5 atom stereocenters. The molecule has 0 radical (unpaired) electrons. The van der Waals surface area contributed by atoms with E-state index in [0.29, 0.717) is 16.9 Å². The van der Waals surface area contributed by atoms with Crippen LogP contribution in [0.25, 0.3) is 0 Å². The number of methoxy groups -OCH3 is 1. The molecule has 0 bridgehead atoms. The summed E-state index contributed by atoms with van der Waals surface area (Å²) in [6.07, 6.45) is -6.10. The van der Waals surface area contributed by atoms with Crippen molar-refractivity contribution >= 4 is 5.97 Å². The summed E-state index contributed by atoms with van der Waals surface area (Å²) in [5, 5.41) is 39.5. The van der Waals surface area contributed by atoms with Crippen LogP contribution < -0.4 is 4.74 Å². The molecular weight excluding hydrogens is 380 g/mol. The molecule has 1 aliphatic heterocycles. The number of aliphatic hydroxyl groups is 4. The highest BCUT2D eigenvalue weighted by atomic mass is 16.5. The van der Waals surface area contributed by atoms with E-state index in [0.717, 1.165) is 5.56 Å². The highest BCUT2D eigenvalue weighted by Gasteiger charge is 2.43.